The summed E-state index contributed by atoms with van der Waals surface area (Å²) in [5.74, 6) is 7.65. The molecule has 0 aromatic carbocycles. The fourth-order valence-corrected chi connectivity index (χ4v) is 1.78. The molecule has 0 aliphatic heterocycles. The Morgan fingerprint density at radius 2 is 2.35 bits per heavy atom. The molecule has 1 atom stereocenters. The Kier molecular flexibility index (Phi) is 6.13. The molecule has 1 heterocycles. The second kappa shape index (κ2) is 8.11. The lowest BCUT2D eigenvalue weighted by Crippen LogP contribution is -2.32. The molecule has 0 saturated heterocycles. The van der Waals surface area contributed by atoms with E-state index in [2.05, 4.69) is 22.1 Å². The van der Waals surface area contributed by atoms with Gasteiger partial charge in [-0.15, -0.1) is 0 Å². The van der Waals surface area contributed by atoms with Crippen molar-refractivity contribution >= 4 is 11.6 Å². The first kappa shape index (κ1) is 15.1. The molecule has 20 heavy (non-hydrogen) atoms. The van der Waals surface area contributed by atoms with Crippen LogP contribution < -0.4 is 15.8 Å². The molecule has 1 aromatic heterocycles. The summed E-state index contributed by atoms with van der Waals surface area (Å²) in [5.41, 5.74) is 5.98. The van der Waals surface area contributed by atoms with Crippen LogP contribution in [0.3, 0.4) is 0 Å². The number of hydrogen-bond donors (Lipinski definition) is 2. The minimum Gasteiger partial charge on any atom is -0.490 e. The first-order chi connectivity index (χ1) is 9.74. The maximum atomic E-state index is 5.98. The minimum absolute atomic E-state index is 0.0159. The van der Waals surface area contributed by atoms with E-state index >= 15 is 0 Å². The number of pyridine rings is 1. The molecule has 1 aromatic rings. The molecule has 5 heteroatoms. The standard InChI is InChI=1S/C15H20ClN3O/c16-13-8-15(10-19-9-13)20-11-14(17)5-7-18-6-1-2-12-3-4-12/h8-10,12,14,18H,3-7,11,17H2/t14-/m1/s1. The van der Waals surface area contributed by atoms with Gasteiger partial charge in [-0.2, -0.15) is 0 Å². The first-order valence-electron chi connectivity index (χ1n) is 6.92. The molecule has 0 bridgehead atoms. The van der Waals surface area contributed by atoms with Crippen molar-refractivity contribution < 1.29 is 4.74 Å². The molecule has 1 fully saturated rings. The van der Waals surface area contributed by atoms with E-state index in [9.17, 15) is 0 Å². The van der Waals surface area contributed by atoms with Crippen LogP contribution in [0.25, 0.3) is 0 Å². The number of rotatable bonds is 7. The Balaban J connectivity index is 1.53. The largest absolute Gasteiger partial charge is 0.490 e. The molecule has 1 aliphatic carbocycles. The van der Waals surface area contributed by atoms with Crippen LogP contribution in [-0.4, -0.2) is 30.7 Å². The third kappa shape index (κ3) is 6.25. The Hall–Kier alpha value is -1.28. The Bertz CT molecular complexity index is 479. The van der Waals surface area contributed by atoms with Crippen molar-refractivity contribution in [2.45, 2.75) is 25.3 Å². The van der Waals surface area contributed by atoms with Crippen molar-refractivity contribution in [3.05, 3.63) is 23.5 Å². The molecule has 108 valence electrons. The summed E-state index contributed by atoms with van der Waals surface area (Å²) in [4.78, 5) is 3.95. The zero-order valence-electron chi connectivity index (χ0n) is 11.4. The quantitative estimate of drug-likeness (QED) is 0.595. The molecule has 4 nitrogen and oxygen atoms in total. The van der Waals surface area contributed by atoms with Gasteiger partial charge >= 0.3 is 0 Å². The maximum Gasteiger partial charge on any atom is 0.139 e. The first-order valence-corrected chi connectivity index (χ1v) is 7.30. The second-order valence-corrected chi connectivity index (χ2v) is 5.41. The topological polar surface area (TPSA) is 60.2 Å². The van der Waals surface area contributed by atoms with E-state index in [1.54, 1.807) is 18.5 Å². The van der Waals surface area contributed by atoms with Crippen LogP contribution in [0.1, 0.15) is 19.3 Å². The lowest BCUT2D eigenvalue weighted by molar-refractivity contribution is 0.280. The maximum absolute atomic E-state index is 5.98. The normalized spacial score (nSPS) is 15.3. The van der Waals surface area contributed by atoms with Gasteiger partial charge in [0.2, 0.25) is 0 Å². The van der Waals surface area contributed by atoms with Gasteiger partial charge in [-0.25, -0.2) is 0 Å². The SMILES string of the molecule is N[C@H](CCNCC#CC1CC1)COc1cncc(Cl)c1. The molecule has 1 aliphatic rings. The zero-order valence-corrected chi connectivity index (χ0v) is 12.2. The fraction of sp³-hybridized carbons (Fsp3) is 0.533. The van der Waals surface area contributed by atoms with Gasteiger partial charge < -0.3 is 15.8 Å². The average Bonchev–Trinajstić information content (AvgIpc) is 3.24. The predicted molar refractivity (Wildman–Crippen MR) is 80.7 cm³/mol. The van der Waals surface area contributed by atoms with Gasteiger partial charge in [0.25, 0.3) is 0 Å². The lowest BCUT2D eigenvalue weighted by atomic mass is 10.2. The van der Waals surface area contributed by atoms with Crippen molar-refractivity contribution in [2.75, 3.05) is 19.7 Å². The van der Waals surface area contributed by atoms with E-state index in [1.165, 1.54) is 12.8 Å². The summed E-state index contributed by atoms with van der Waals surface area (Å²) in [6.45, 7) is 2.04. The fourth-order valence-electron chi connectivity index (χ4n) is 1.62. The van der Waals surface area contributed by atoms with Crippen molar-refractivity contribution in [3.63, 3.8) is 0 Å². The van der Waals surface area contributed by atoms with Crippen LogP contribution in [0.15, 0.2) is 18.5 Å². The van der Waals surface area contributed by atoms with E-state index < -0.39 is 0 Å². The molecule has 1 saturated carbocycles. The van der Waals surface area contributed by atoms with E-state index in [1.807, 2.05) is 0 Å². The summed E-state index contributed by atoms with van der Waals surface area (Å²) in [6.07, 6.45) is 6.59. The highest BCUT2D eigenvalue weighted by Gasteiger charge is 2.17. The van der Waals surface area contributed by atoms with Crippen LogP contribution in [0.2, 0.25) is 5.02 Å². The van der Waals surface area contributed by atoms with Gasteiger partial charge in [-0.05, 0) is 25.8 Å². The Morgan fingerprint density at radius 1 is 1.50 bits per heavy atom. The number of halogens is 1. The highest BCUT2D eigenvalue weighted by atomic mass is 35.5. The van der Waals surface area contributed by atoms with Gasteiger partial charge in [0.1, 0.15) is 12.4 Å². The van der Waals surface area contributed by atoms with Crippen LogP contribution in [0.4, 0.5) is 0 Å². The molecule has 0 unspecified atom stereocenters. The van der Waals surface area contributed by atoms with Crippen molar-refractivity contribution in [1.29, 1.82) is 0 Å². The Labute approximate surface area is 125 Å². The highest BCUT2D eigenvalue weighted by molar-refractivity contribution is 6.30. The minimum atomic E-state index is -0.0159. The number of nitrogens with two attached hydrogens (primary N) is 1. The monoisotopic (exact) mass is 293 g/mol. The summed E-state index contributed by atoms with van der Waals surface area (Å²) >= 11 is 5.82. The van der Waals surface area contributed by atoms with Gasteiger partial charge in [-0.3, -0.25) is 4.98 Å². The summed E-state index contributed by atoms with van der Waals surface area (Å²) in [5, 5.41) is 3.83. The number of hydrogen-bond acceptors (Lipinski definition) is 4. The third-order valence-corrected chi connectivity index (χ3v) is 3.14. The zero-order chi connectivity index (χ0) is 14.2. The number of aromatic nitrogens is 1. The van der Waals surface area contributed by atoms with Crippen LogP contribution >= 0.6 is 11.6 Å². The second-order valence-electron chi connectivity index (χ2n) is 4.97. The molecule has 2 rings (SSSR count). The van der Waals surface area contributed by atoms with Crippen molar-refractivity contribution in [1.82, 2.24) is 10.3 Å². The molecular weight excluding hydrogens is 274 g/mol. The summed E-state index contributed by atoms with van der Waals surface area (Å²) in [7, 11) is 0. The van der Waals surface area contributed by atoms with Crippen LogP contribution in [-0.2, 0) is 0 Å². The van der Waals surface area contributed by atoms with Crippen LogP contribution in [0, 0.1) is 17.8 Å². The molecule has 0 amide bonds. The summed E-state index contributed by atoms with van der Waals surface area (Å²) < 4.78 is 5.54. The van der Waals surface area contributed by atoms with E-state index in [4.69, 9.17) is 22.1 Å². The molecule has 3 N–H and O–H groups in total. The average molecular weight is 294 g/mol. The van der Waals surface area contributed by atoms with Crippen LogP contribution in [0.5, 0.6) is 5.75 Å². The lowest BCUT2D eigenvalue weighted by Gasteiger charge is -2.13. The third-order valence-electron chi connectivity index (χ3n) is 2.93. The van der Waals surface area contributed by atoms with E-state index in [0.29, 0.717) is 23.3 Å². The molecule has 0 radical (unpaired) electrons. The Morgan fingerprint density at radius 3 is 3.10 bits per heavy atom. The predicted octanol–water partition coefficient (Wildman–Crippen LogP) is 1.83. The van der Waals surface area contributed by atoms with Gasteiger partial charge in [0.15, 0.2) is 0 Å². The number of ether oxygens (including phenoxy) is 1. The van der Waals surface area contributed by atoms with Gasteiger partial charge in [0.05, 0.1) is 17.8 Å². The van der Waals surface area contributed by atoms with Crippen molar-refractivity contribution in [3.8, 4) is 17.6 Å². The van der Waals surface area contributed by atoms with Crippen molar-refractivity contribution in [2.24, 2.45) is 11.7 Å². The van der Waals surface area contributed by atoms with Gasteiger partial charge in [0, 0.05) is 24.2 Å². The highest BCUT2D eigenvalue weighted by Crippen LogP contribution is 2.27. The number of nitrogens with zero attached hydrogens (tertiary/aromatic N) is 1. The van der Waals surface area contributed by atoms with E-state index in [-0.39, 0.29) is 6.04 Å². The smallest absolute Gasteiger partial charge is 0.139 e. The van der Waals surface area contributed by atoms with E-state index in [0.717, 1.165) is 19.5 Å². The summed E-state index contributed by atoms with van der Waals surface area (Å²) in [6, 6.07) is 1.71. The molecule has 0 spiro atoms. The van der Waals surface area contributed by atoms with Gasteiger partial charge in [-0.1, -0.05) is 23.4 Å². The molecular formula is C15H20ClN3O. The number of nitrogens with one attached hydrogen (secondary N) is 1.